The lowest BCUT2D eigenvalue weighted by Gasteiger charge is -2.10. The summed E-state index contributed by atoms with van der Waals surface area (Å²) in [6, 6.07) is 5.93. The van der Waals surface area contributed by atoms with Gasteiger partial charge in [0.15, 0.2) is 0 Å². The van der Waals surface area contributed by atoms with E-state index in [0.717, 1.165) is 16.9 Å². The smallest absolute Gasteiger partial charge is 0.223 e. The lowest BCUT2D eigenvalue weighted by molar-refractivity contribution is -0.121. The molecule has 2 aromatic rings. The van der Waals surface area contributed by atoms with E-state index in [4.69, 9.17) is 4.74 Å². The highest BCUT2D eigenvalue weighted by molar-refractivity contribution is 5.75. The number of carbonyl (C=O) groups excluding carboxylic acids is 1. The van der Waals surface area contributed by atoms with Gasteiger partial charge in [0.1, 0.15) is 5.75 Å². The largest absolute Gasteiger partial charge is 0.493 e. The highest BCUT2D eigenvalue weighted by atomic mass is 16.5. The van der Waals surface area contributed by atoms with Crippen LogP contribution < -0.4 is 10.1 Å². The van der Waals surface area contributed by atoms with Crippen LogP contribution in [0, 0.1) is 13.8 Å². The van der Waals surface area contributed by atoms with Crippen molar-refractivity contribution in [3.8, 4) is 5.75 Å². The lowest BCUT2D eigenvalue weighted by Crippen LogP contribution is -2.24. The second-order valence-corrected chi connectivity index (χ2v) is 5.10. The van der Waals surface area contributed by atoms with Crippen LogP contribution in [0.3, 0.4) is 0 Å². The summed E-state index contributed by atoms with van der Waals surface area (Å²) in [5.74, 6) is 0.819. The molecule has 5 heteroatoms. The van der Waals surface area contributed by atoms with Crippen LogP contribution in [0.1, 0.15) is 23.1 Å². The molecule has 112 valence electrons. The van der Waals surface area contributed by atoms with E-state index in [1.807, 2.05) is 45.3 Å². The molecule has 0 spiro atoms. The molecule has 5 nitrogen and oxygen atoms in total. The predicted octanol–water partition coefficient (Wildman–Crippen LogP) is 2.12. The fraction of sp³-hybridized carbons (Fsp3) is 0.375. The van der Waals surface area contributed by atoms with Crippen LogP contribution in [0.2, 0.25) is 0 Å². The van der Waals surface area contributed by atoms with Crippen LogP contribution >= 0.6 is 0 Å². The Morgan fingerprint density at radius 1 is 1.38 bits per heavy atom. The molecule has 1 heterocycles. The van der Waals surface area contributed by atoms with Gasteiger partial charge in [-0.3, -0.25) is 9.48 Å². The zero-order valence-electron chi connectivity index (χ0n) is 12.7. The second kappa shape index (κ2) is 6.92. The quantitative estimate of drug-likeness (QED) is 0.885. The van der Waals surface area contributed by atoms with Crippen molar-refractivity contribution in [2.24, 2.45) is 7.05 Å². The maximum absolute atomic E-state index is 11.7. The molecule has 0 bridgehead atoms. The zero-order chi connectivity index (χ0) is 15.2. The number of aryl methyl sites for hydroxylation is 2. The normalized spacial score (nSPS) is 10.4. The summed E-state index contributed by atoms with van der Waals surface area (Å²) in [6.07, 6.45) is 3.97. The van der Waals surface area contributed by atoms with Gasteiger partial charge in [-0.15, -0.1) is 0 Å². The summed E-state index contributed by atoms with van der Waals surface area (Å²) in [4.78, 5) is 11.7. The number of carbonyl (C=O) groups is 1. The molecule has 21 heavy (non-hydrogen) atoms. The molecule has 1 aromatic carbocycles. The molecule has 0 fully saturated rings. The van der Waals surface area contributed by atoms with Gasteiger partial charge in [-0.2, -0.15) is 5.10 Å². The van der Waals surface area contributed by atoms with Crippen molar-refractivity contribution in [2.45, 2.75) is 26.8 Å². The highest BCUT2D eigenvalue weighted by Crippen LogP contribution is 2.20. The first-order valence-corrected chi connectivity index (χ1v) is 6.99. The average molecular weight is 287 g/mol. The maximum Gasteiger partial charge on any atom is 0.223 e. The molecular weight excluding hydrogens is 266 g/mol. The van der Waals surface area contributed by atoms with Gasteiger partial charge in [0, 0.05) is 25.4 Å². The summed E-state index contributed by atoms with van der Waals surface area (Å²) in [7, 11) is 1.85. The monoisotopic (exact) mass is 287 g/mol. The number of aromatic nitrogens is 2. The number of benzene rings is 1. The summed E-state index contributed by atoms with van der Waals surface area (Å²) >= 11 is 0. The van der Waals surface area contributed by atoms with Gasteiger partial charge in [-0.1, -0.05) is 12.1 Å². The first-order valence-electron chi connectivity index (χ1n) is 6.99. The van der Waals surface area contributed by atoms with Crippen molar-refractivity contribution in [3.05, 3.63) is 47.3 Å². The molecule has 0 aliphatic rings. The van der Waals surface area contributed by atoms with Crippen molar-refractivity contribution in [1.82, 2.24) is 15.1 Å². The second-order valence-electron chi connectivity index (χ2n) is 5.10. The Hall–Kier alpha value is -2.30. The Kier molecular flexibility index (Phi) is 4.98. The molecule has 1 N–H and O–H groups in total. The Labute approximate surface area is 124 Å². The minimum absolute atomic E-state index is 0.0239. The molecule has 0 aliphatic carbocycles. The first-order chi connectivity index (χ1) is 10.1. The topological polar surface area (TPSA) is 56.1 Å². The number of amides is 1. The summed E-state index contributed by atoms with van der Waals surface area (Å²) in [6.45, 7) is 4.94. The van der Waals surface area contributed by atoms with E-state index >= 15 is 0 Å². The van der Waals surface area contributed by atoms with Crippen molar-refractivity contribution in [2.75, 3.05) is 6.61 Å². The standard InChI is InChI=1S/C16H21N3O2/c1-12-5-4-6-15(13(12)2)21-8-7-16(20)17-9-14-10-18-19(3)11-14/h4-6,10-11H,7-9H2,1-3H3,(H,17,20). The van der Waals surface area contributed by atoms with Gasteiger partial charge in [-0.05, 0) is 31.0 Å². The highest BCUT2D eigenvalue weighted by Gasteiger charge is 2.05. The maximum atomic E-state index is 11.7. The van der Waals surface area contributed by atoms with Gasteiger partial charge < -0.3 is 10.1 Å². The third kappa shape index (κ3) is 4.34. The Balaban J connectivity index is 1.73. The van der Waals surface area contributed by atoms with Crippen LogP contribution in [0.5, 0.6) is 5.75 Å². The molecule has 2 rings (SSSR count). The van der Waals surface area contributed by atoms with Crippen LogP contribution in [-0.2, 0) is 18.4 Å². The predicted molar refractivity (Wildman–Crippen MR) is 81.1 cm³/mol. The number of nitrogens with one attached hydrogen (secondary N) is 1. The molecule has 0 radical (unpaired) electrons. The number of hydrogen-bond acceptors (Lipinski definition) is 3. The van der Waals surface area contributed by atoms with E-state index in [9.17, 15) is 4.79 Å². The van der Waals surface area contributed by atoms with E-state index < -0.39 is 0 Å². The first kappa shape index (κ1) is 15.1. The SMILES string of the molecule is Cc1cccc(OCCC(=O)NCc2cnn(C)c2)c1C. The molecule has 0 atom stereocenters. The Morgan fingerprint density at radius 3 is 2.90 bits per heavy atom. The third-order valence-electron chi connectivity index (χ3n) is 3.39. The van der Waals surface area contributed by atoms with Crippen molar-refractivity contribution < 1.29 is 9.53 Å². The lowest BCUT2D eigenvalue weighted by atomic mass is 10.1. The zero-order valence-corrected chi connectivity index (χ0v) is 12.7. The summed E-state index contributed by atoms with van der Waals surface area (Å²) in [5.41, 5.74) is 3.29. The van der Waals surface area contributed by atoms with Crippen molar-refractivity contribution in [3.63, 3.8) is 0 Å². The van der Waals surface area contributed by atoms with Crippen LogP contribution in [0.15, 0.2) is 30.6 Å². The molecule has 1 amide bonds. The van der Waals surface area contributed by atoms with Gasteiger partial charge in [-0.25, -0.2) is 0 Å². The van der Waals surface area contributed by atoms with E-state index in [2.05, 4.69) is 10.4 Å². The van der Waals surface area contributed by atoms with Crippen LogP contribution in [0.4, 0.5) is 0 Å². The van der Waals surface area contributed by atoms with Gasteiger partial charge >= 0.3 is 0 Å². The molecule has 0 saturated heterocycles. The van der Waals surface area contributed by atoms with E-state index in [1.165, 1.54) is 5.56 Å². The van der Waals surface area contributed by atoms with Gasteiger partial charge in [0.2, 0.25) is 5.91 Å². The van der Waals surface area contributed by atoms with Crippen LogP contribution in [-0.4, -0.2) is 22.3 Å². The van der Waals surface area contributed by atoms with E-state index in [1.54, 1.807) is 10.9 Å². The summed E-state index contributed by atoms with van der Waals surface area (Å²) in [5, 5.41) is 6.91. The molecule has 0 saturated carbocycles. The molecule has 0 aliphatic heterocycles. The fourth-order valence-electron chi connectivity index (χ4n) is 1.99. The molecule has 1 aromatic heterocycles. The fourth-order valence-corrected chi connectivity index (χ4v) is 1.99. The van der Waals surface area contributed by atoms with Crippen molar-refractivity contribution >= 4 is 5.91 Å². The average Bonchev–Trinajstić information content (AvgIpc) is 2.87. The van der Waals surface area contributed by atoms with Gasteiger partial charge in [0.05, 0.1) is 19.2 Å². The minimum atomic E-state index is -0.0239. The van der Waals surface area contributed by atoms with Crippen molar-refractivity contribution in [1.29, 1.82) is 0 Å². The number of ether oxygens (including phenoxy) is 1. The van der Waals surface area contributed by atoms with E-state index in [-0.39, 0.29) is 5.91 Å². The minimum Gasteiger partial charge on any atom is -0.493 e. The van der Waals surface area contributed by atoms with Gasteiger partial charge in [0.25, 0.3) is 0 Å². The Bertz CT molecular complexity index is 620. The number of hydrogen-bond donors (Lipinski definition) is 1. The van der Waals surface area contributed by atoms with E-state index in [0.29, 0.717) is 19.6 Å². The summed E-state index contributed by atoms with van der Waals surface area (Å²) < 4.78 is 7.38. The van der Waals surface area contributed by atoms with Crippen LogP contribution in [0.25, 0.3) is 0 Å². The Morgan fingerprint density at radius 2 is 2.19 bits per heavy atom. The molecular formula is C16H21N3O2. The molecule has 0 unspecified atom stereocenters. The number of nitrogens with zero attached hydrogens (tertiary/aromatic N) is 2. The third-order valence-corrected chi connectivity index (χ3v) is 3.39. The number of rotatable bonds is 6.